The molecule has 0 aromatic heterocycles. The van der Waals surface area contributed by atoms with Gasteiger partial charge in [0.05, 0.1) is 12.8 Å². The van der Waals surface area contributed by atoms with Crippen LogP contribution in [-0.2, 0) is 0 Å². The van der Waals surface area contributed by atoms with Gasteiger partial charge in [-0.1, -0.05) is 26.7 Å². The second-order valence-corrected chi connectivity index (χ2v) is 4.47. The molecule has 0 saturated carbocycles. The van der Waals surface area contributed by atoms with E-state index in [4.69, 9.17) is 10.5 Å². The number of rotatable bonds is 6. The van der Waals surface area contributed by atoms with Gasteiger partial charge in [-0.25, -0.2) is 0 Å². The second-order valence-electron chi connectivity index (χ2n) is 4.47. The molecule has 96 valence electrons. The molecular weight excluding hydrogens is 212 g/mol. The lowest BCUT2D eigenvalue weighted by Crippen LogP contribution is -2.24. The summed E-state index contributed by atoms with van der Waals surface area (Å²) in [5, 5.41) is 3.51. The van der Waals surface area contributed by atoms with Crippen LogP contribution in [0.5, 0.6) is 5.75 Å². The molecule has 0 bridgehead atoms. The van der Waals surface area contributed by atoms with E-state index in [9.17, 15) is 0 Å². The van der Waals surface area contributed by atoms with Gasteiger partial charge in [-0.3, -0.25) is 0 Å². The highest BCUT2D eigenvalue weighted by molar-refractivity contribution is 5.61. The summed E-state index contributed by atoms with van der Waals surface area (Å²) < 4.78 is 5.22. The Morgan fingerprint density at radius 3 is 2.47 bits per heavy atom. The topological polar surface area (TPSA) is 47.3 Å². The maximum Gasteiger partial charge on any atom is 0.143 e. The van der Waals surface area contributed by atoms with Gasteiger partial charge in [0.2, 0.25) is 0 Å². The molecule has 1 unspecified atom stereocenters. The molecule has 0 amide bonds. The molecule has 0 aliphatic heterocycles. The van der Waals surface area contributed by atoms with Crippen LogP contribution in [0.4, 0.5) is 11.4 Å². The maximum absolute atomic E-state index is 5.79. The van der Waals surface area contributed by atoms with E-state index in [1.807, 2.05) is 18.2 Å². The molecule has 0 saturated heterocycles. The lowest BCUT2D eigenvalue weighted by molar-refractivity contribution is 0.416. The monoisotopic (exact) mass is 236 g/mol. The Labute approximate surface area is 104 Å². The summed E-state index contributed by atoms with van der Waals surface area (Å²) in [6.07, 6.45) is 2.38. The molecule has 1 atom stereocenters. The molecule has 3 heteroatoms. The number of anilines is 2. The van der Waals surface area contributed by atoms with Crippen molar-refractivity contribution in [2.75, 3.05) is 18.2 Å². The van der Waals surface area contributed by atoms with Crippen molar-refractivity contribution in [3.8, 4) is 5.75 Å². The van der Waals surface area contributed by atoms with Gasteiger partial charge in [-0.15, -0.1) is 0 Å². The largest absolute Gasteiger partial charge is 0.495 e. The standard InChI is InChI=1S/C14H24N2O/c1-5-11(6-2)10(3)16-12-7-8-13(15)14(9-12)17-4/h7-11,16H,5-6,15H2,1-4H3. The fraction of sp³-hybridized carbons (Fsp3) is 0.571. The molecule has 0 aliphatic rings. The van der Waals surface area contributed by atoms with E-state index >= 15 is 0 Å². The fourth-order valence-corrected chi connectivity index (χ4v) is 2.18. The lowest BCUT2D eigenvalue weighted by Gasteiger charge is -2.24. The molecule has 0 fully saturated rings. The Morgan fingerprint density at radius 2 is 1.94 bits per heavy atom. The summed E-state index contributed by atoms with van der Waals surface area (Å²) in [6, 6.07) is 6.28. The molecule has 0 radical (unpaired) electrons. The average Bonchev–Trinajstić information content (AvgIpc) is 2.33. The number of ether oxygens (including phenoxy) is 1. The van der Waals surface area contributed by atoms with Gasteiger partial charge < -0.3 is 15.8 Å². The van der Waals surface area contributed by atoms with Crippen molar-refractivity contribution in [1.29, 1.82) is 0 Å². The summed E-state index contributed by atoms with van der Waals surface area (Å²) in [4.78, 5) is 0. The van der Waals surface area contributed by atoms with Crippen LogP contribution in [0, 0.1) is 5.92 Å². The predicted molar refractivity (Wildman–Crippen MR) is 74.6 cm³/mol. The first-order chi connectivity index (χ1) is 8.12. The first-order valence-corrected chi connectivity index (χ1v) is 6.32. The normalized spacial score (nSPS) is 12.5. The number of benzene rings is 1. The second kappa shape index (κ2) is 6.38. The van der Waals surface area contributed by atoms with Crippen molar-refractivity contribution < 1.29 is 4.74 Å². The van der Waals surface area contributed by atoms with Crippen molar-refractivity contribution in [1.82, 2.24) is 0 Å². The van der Waals surface area contributed by atoms with E-state index in [0.29, 0.717) is 17.6 Å². The Bertz CT molecular complexity index is 348. The van der Waals surface area contributed by atoms with Crippen LogP contribution in [0.2, 0.25) is 0 Å². The van der Waals surface area contributed by atoms with Gasteiger partial charge in [0.1, 0.15) is 5.75 Å². The van der Waals surface area contributed by atoms with Gasteiger partial charge in [0.15, 0.2) is 0 Å². The summed E-state index contributed by atoms with van der Waals surface area (Å²) in [7, 11) is 1.64. The van der Waals surface area contributed by atoms with Crippen molar-refractivity contribution in [2.45, 2.75) is 39.7 Å². The van der Waals surface area contributed by atoms with E-state index in [1.54, 1.807) is 7.11 Å². The third-order valence-electron chi connectivity index (χ3n) is 3.38. The first-order valence-electron chi connectivity index (χ1n) is 6.32. The summed E-state index contributed by atoms with van der Waals surface area (Å²) in [6.45, 7) is 6.69. The van der Waals surface area contributed by atoms with E-state index in [-0.39, 0.29) is 0 Å². The summed E-state index contributed by atoms with van der Waals surface area (Å²) in [5.74, 6) is 1.42. The molecule has 0 aliphatic carbocycles. The molecule has 0 spiro atoms. The molecular formula is C14H24N2O. The average molecular weight is 236 g/mol. The Balaban J connectivity index is 2.74. The smallest absolute Gasteiger partial charge is 0.143 e. The first kappa shape index (κ1) is 13.7. The minimum atomic E-state index is 0.457. The zero-order valence-corrected chi connectivity index (χ0v) is 11.3. The highest BCUT2D eigenvalue weighted by Gasteiger charge is 2.13. The van der Waals surface area contributed by atoms with Crippen molar-refractivity contribution in [2.24, 2.45) is 5.92 Å². The van der Waals surface area contributed by atoms with Crippen LogP contribution in [0.25, 0.3) is 0 Å². The third-order valence-corrected chi connectivity index (χ3v) is 3.38. The molecule has 17 heavy (non-hydrogen) atoms. The number of methoxy groups -OCH3 is 1. The number of hydrogen-bond acceptors (Lipinski definition) is 3. The number of nitrogen functional groups attached to an aromatic ring is 1. The quantitative estimate of drug-likeness (QED) is 0.743. The van der Waals surface area contributed by atoms with Gasteiger partial charge in [-0.2, -0.15) is 0 Å². The van der Waals surface area contributed by atoms with Crippen LogP contribution < -0.4 is 15.8 Å². The zero-order chi connectivity index (χ0) is 12.8. The van der Waals surface area contributed by atoms with E-state index in [1.165, 1.54) is 12.8 Å². The number of nitrogens with one attached hydrogen (secondary N) is 1. The summed E-state index contributed by atoms with van der Waals surface area (Å²) in [5.41, 5.74) is 7.53. The molecule has 1 aromatic rings. The van der Waals surface area contributed by atoms with Crippen LogP contribution >= 0.6 is 0 Å². The van der Waals surface area contributed by atoms with E-state index in [0.717, 1.165) is 11.4 Å². The lowest BCUT2D eigenvalue weighted by atomic mass is 9.95. The number of nitrogens with two attached hydrogens (primary N) is 1. The third kappa shape index (κ3) is 3.55. The van der Waals surface area contributed by atoms with Gasteiger partial charge in [0, 0.05) is 17.8 Å². The highest BCUT2D eigenvalue weighted by Crippen LogP contribution is 2.26. The van der Waals surface area contributed by atoms with Crippen molar-refractivity contribution >= 4 is 11.4 Å². The number of hydrogen-bond donors (Lipinski definition) is 2. The minimum Gasteiger partial charge on any atom is -0.495 e. The van der Waals surface area contributed by atoms with Crippen LogP contribution in [0.1, 0.15) is 33.6 Å². The molecule has 3 nitrogen and oxygen atoms in total. The Morgan fingerprint density at radius 1 is 1.29 bits per heavy atom. The van der Waals surface area contributed by atoms with Gasteiger partial charge in [-0.05, 0) is 25.0 Å². The zero-order valence-electron chi connectivity index (χ0n) is 11.3. The molecule has 1 rings (SSSR count). The maximum atomic E-state index is 5.79. The summed E-state index contributed by atoms with van der Waals surface area (Å²) >= 11 is 0. The van der Waals surface area contributed by atoms with Crippen LogP contribution in [0.15, 0.2) is 18.2 Å². The van der Waals surface area contributed by atoms with Crippen molar-refractivity contribution in [3.63, 3.8) is 0 Å². The molecule has 3 N–H and O–H groups in total. The van der Waals surface area contributed by atoms with Crippen LogP contribution in [-0.4, -0.2) is 13.2 Å². The molecule has 1 aromatic carbocycles. The van der Waals surface area contributed by atoms with Gasteiger partial charge in [0.25, 0.3) is 0 Å². The molecule has 0 heterocycles. The minimum absolute atomic E-state index is 0.457. The fourth-order valence-electron chi connectivity index (χ4n) is 2.18. The van der Waals surface area contributed by atoms with E-state index in [2.05, 4.69) is 26.1 Å². The Kier molecular flexibility index (Phi) is 5.13. The highest BCUT2D eigenvalue weighted by atomic mass is 16.5. The predicted octanol–water partition coefficient (Wildman–Crippen LogP) is 3.51. The SMILES string of the molecule is CCC(CC)C(C)Nc1ccc(N)c(OC)c1. The van der Waals surface area contributed by atoms with Gasteiger partial charge >= 0.3 is 0 Å². The Hall–Kier alpha value is -1.38. The van der Waals surface area contributed by atoms with Crippen LogP contribution in [0.3, 0.4) is 0 Å². The van der Waals surface area contributed by atoms with E-state index < -0.39 is 0 Å². The van der Waals surface area contributed by atoms with Crippen molar-refractivity contribution in [3.05, 3.63) is 18.2 Å².